The smallest absolute Gasteiger partial charge is 0.325 e. The maximum absolute atomic E-state index is 11.8. The zero-order valence-electron chi connectivity index (χ0n) is 11.1. The quantitative estimate of drug-likeness (QED) is 0.575. The Kier molecular flexibility index (Phi) is 4.19. The molecule has 0 unspecified atom stereocenters. The molecule has 1 aliphatic carbocycles. The van der Waals surface area contributed by atoms with Crippen molar-refractivity contribution in [3.63, 3.8) is 0 Å². The van der Waals surface area contributed by atoms with Crippen molar-refractivity contribution >= 4 is 17.8 Å². The number of hydrogen-bond acceptors (Lipinski definition) is 3. The molecule has 2 rings (SSSR count). The number of amides is 4. The van der Waals surface area contributed by atoms with E-state index in [2.05, 4.69) is 16.7 Å². The van der Waals surface area contributed by atoms with Crippen LogP contribution in [-0.4, -0.2) is 41.9 Å². The Hall–Kier alpha value is -1.85. The second kappa shape index (κ2) is 5.86. The molecule has 2 N–H and O–H groups in total. The zero-order valence-corrected chi connectivity index (χ0v) is 11.1. The summed E-state index contributed by atoms with van der Waals surface area (Å²) in [5, 5.41) is 5.22. The van der Waals surface area contributed by atoms with Gasteiger partial charge in [0.1, 0.15) is 6.54 Å². The van der Waals surface area contributed by atoms with Crippen LogP contribution >= 0.6 is 0 Å². The minimum Gasteiger partial charge on any atom is -0.348 e. The molecule has 2 aliphatic rings. The fourth-order valence-electron chi connectivity index (χ4n) is 2.40. The summed E-state index contributed by atoms with van der Waals surface area (Å²) in [6.45, 7) is 1.70. The molecule has 104 valence electrons. The van der Waals surface area contributed by atoms with Crippen LogP contribution < -0.4 is 10.6 Å². The van der Waals surface area contributed by atoms with Gasteiger partial charge in [-0.2, -0.15) is 0 Å². The third-order valence-electron chi connectivity index (χ3n) is 3.50. The van der Waals surface area contributed by atoms with E-state index in [1.165, 1.54) is 12.0 Å². The summed E-state index contributed by atoms with van der Waals surface area (Å²) in [4.78, 5) is 35.4. The zero-order chi connectivity index (χ0) is 13.8. The van der Waals surface area contributed by atoms with Crippen LogP contribution in [0.15, 0.2) is 11.6 Å². The predicted octanol–water partition coefficient (Wildman–Crippen LogP) is 0.543. The number of hydrogen-bond donors (Lipinski definition) is 2. The molecule has 1 atom stereocenters. The minimum atomic E-state index is -0.496. The summed E-state index contributed by atoms with van der Waals surface area (Å²) < 4.78 is 0. The molecule has 0 bridgehead atoms. The van der Waals surface area contributed by atoms with Gasteiger partial charge in [0.15, 0.2) is 0 Å². The normalized spacial score (nSPS) is 20.9. The highest BCUT2D eigenvalue weighted by atomic mass is 16.2. The number of imide groups is 1. The predicted molar refractivity (Wildman–Crippen MR) is 69.3 cm³/mol. The van der Waals surface area contributed by atoms with Gasteiger partial charge in [-0.15, -0.1) is 0 Å². The first kappa shape index (κ1) is 13.6. The van der Waals surface area contributed by atoms with Gasteiger partial charge in [0.05, 0.1) is 6.54 Å². The molecule has 1 heterocycles. The number of nitrogens with one attached hydrogen (secondary N) is 2. The topological polar surface area (TPSA) is 78.5 Å². The SMILES string of the molecule is C[C@H](NC(=O)CN1C(=O)CNC1=O)C1=CCCCC1. The molecule has 4 amide bonds. The molecule has 6 nitrogen and oxygen atoms in total. The molecule has 0 aromatic heterocycles. The van der Waals surface area contributed by atoms with Crippen molar-refractivity contribution in [1.29, 1.82) is 0 Å². The summed E-state index contributed by atoms with van der Waals surface area (Å²) in [6.07, 6.45) is 6.58. The van der Waals surface area contributed by atoms with Gasteiger partial charge in [0.2, 0.25) is 5.91 Å². The first-order valence-corrected chi connectivity index (χ1v) is 6.64. The number of urea groups is 1. The van der Waals surface area contributed by atoms with E-state index in [1.54, 1.807) is 0 Å². The Labute approximate surface area is 112 Å². The third-order valence-corrected chi connectivity index (χ3v) is 3.50. The van der Waals surface area contributed by atoms with Crippen LogP contribution in [0.4, 0.5) is 4.79 Å². The van der Waals surface area contributed by atoms with E-state index in [4.69, 9.17) is 0 Å². The fourth-order valence-corrected chi connectivity index (χ4v) is 2.40. The van der Waals surface area contributed by atoms with E-state index < -0.39 is 6.03 Å². The molecule has 0 radical (unpaired) electrons. The molecule has 6 heteroatoms. The maximum Gasteiger partial charge on any atom is 0.325 e. The van der Waals surface area contributed by atoms with Crippen molar-refractivity contribution in [3.8, 4) is 0 Å². The molecule has 1 aliphatic heterocycles. The minimum absolute atomic E-state index is 0.0210. The first-order chi connectivity index (χ1) is 9.08. The van der Waals surface area contributed by atoms with E-state index in [-0.39, 0.29) is 30.9 Å². The van der Waals surface area contributed by atoms with Crippen LogP contribution in [0.3, 0.4) is 0 Å². The largest absolute Gasteiger partial charge is 0.348 e. The number of carbonyl (C=O) groups excluding carboxylic acids is 3. The van der Waals surface area contributed by atoms with Crippen LogP contribution in [0.25, 0.3) is 0 Å². The van der Waals surface area contributed by atoms with Crippen LogP contribution in [0.5, 0.6) is 0 Å². The average molecular weight is 265 g/mol. The van der Waals surface area contributed by atoms with Gasteiger partial charge in [-0.1, -0.05) is 11.6 Å². The lowest BCUT2D eigenvalue weighted by Crippen LogP contribution is -2.44. The fraction of sp³-hybridized carbons (Fsp3) is 0.615. The summed E-state index contributed by atoms with van der Waals surface area (Å²) >= 11 is 0. The van der Waals surface area contributed by atoms with Gasteiger partial charge in [0.25, 0.3) is 5.91 Å². The summed E-state index contributed by atoms with van der Waals surface area (Å²) in [6, 6.07) is -0.529. The molecular formula is C13H19N3O3. The lowest BCUT2D eigenvalue weighted by Gasteiger charge is -2.21. The van der Waals surface area contributed by atoms with Crippen LogP contribution in [0, 0.1) is 0 Å². The van der Waals surface area contributed by atoms with Gasteiger partial charge in [-0.3, -0.25) is 14.5 Å². The lowest BCUT2D eigenvalue weighted by atomic mass is 9.95. The highest BCUT2D eigenvalue weighted by Crippen LogP contribution is 2.20. The molecular weight excluding hydrogens is 246 g/mol. The highest BCUT2D eigenvalue weighted by Gasteiger charge is 2.30. The summed E-state index contributed by atoms with van der Waals surface area (Å²) in [5.41, 5.74) is 1.23. The Bertz CT molecular complexity index is 415. The number of allylic oxidation sites excluding steroid dienone is 1. The molecule has 0 spiro atoms. The molecule has 0 aromatic rings. The maximum atomic E-state index is 11.8. The van der Waals surface area contributed by atoms with Crippen LogP contribution in [0.1, 0.15) is 32.6 Å². The molecule has 0 aromatic carbocycles. The Morgan fingerprint density at radius 3 is 2.84 bits per heavy atom. The molecule has 19 heavy (non-hydrogen) atoms. The number of carbonyl (C=O) groups is 3. The third kappa shape index (κ3) is 3.33. The monoisotopic (exact) mass is 265 g/mol. The van der Waals surface area contributed by atoms with Crippen LogP contribution in [0.2, 0.25) is 0 Å². The van der Waals surface area contributed by atoms with E-state index >= 15 is 0 Å². The van der Waals surface area contributed by atoms with Crippen molar-refractivity contribution < 1.29 is 14.4 Å². The number of rotatable bonds is 4. The molecule has 0 saturated carbocycles. The molecule has 1 saturated heterocycles. The van der Waals surface area contributed by atoms with Gasteiger partial charge in [-0.25, -0.2) is 4.79 Å². The van der Waals surface area contributed by atoms with E-state index in [0.717, 1.165) is 24.2 Å². The second-order valence-electron chi connectivity index (χ2n) is 4.95. The first-order valence-electron chi connectivity index (χ1n) is 6.64. The summed E-state index contributed by atoms with van der Waals surface area (Å²) in [5.74, 6) is -0.658. The standard InChI is InChI=1S/C13H19N3O3/c1-9(10-5-3-2-4-6-10)15-11(17)8-16-12(18)7-14-13(16)19/h5,9H,2-4,6-8H2,1H3,(H,14,19)(H,15,17)/t9-/m0/s1. The Morgan fingerprint density at radius 1 is 1.47 bits per heavy atom. The van der Waals surface area contributed by atoms with Gasteiger partial charge in [0, 0.05) is 6.04 Å². The summed E-state index contributed by atoms with van der Waals surface area (Å²) in [7, 11) is 0. The Morgan fingerprint density at radius 2 is 2.26 bits per heavy atom. The van der Waals surface area contributed by atoms with E-state index in [1.807, 2.05) is 6.92 Å². The molecule has 1 fully saturated rings. The van der Waals surface area contributed by atoms with Crippen molar-refractivity contribution in [3.05, 3.63) is 11.6 Å². The van der Waals surface area contributed by atoms with E-state index in [0.29, 0.717) is 0 Å². The highest BCUT2D eigenvalue weighted by molar-refractivity contribution is 6.04. The average Bonchev–Trinajstić information content (AvgIpc) is 2.71. The van der Waals surface area contributed by atoms with Crippen molar-refractivity contribution in [2.45, 2.75) is 38.6 Å². The van der Waals surface area contributed by atoms with Gasteiger partial charge in [-0.05, 0) is 32.6 Å². The Balaban J connectivity index is 1.85. The van der Waals surface area contributed by atoms with Crippen LogP contribution in [-0.2, 0) is 9.59 Å². The van der Waals surface area contributed by atoms with Crippen molar-refractivity contribution in [1.82, 2.24) is 15.5 Å². The lowest BCUT2D eigenvalue weighted by molar-refractivity contribution is -0.130. The second-order valence-corrected chi connectivity index (χ2v) is 4.95. The van der Waals surface area contributed by atoms with Crippen molar-refractivity contribution in [2.75, 3.05) is 13.1 Å². The van der Waals surface area contributed by atoms with Crippen molar-refractivity contribution in [2.24, 2.45) is 0 Å². The van der Waals surface area contributed by atoms with Gasteiger partial charge >= 0.3 is 6.03 Å². The van der Waals surface area contributed by atoms with Gasteiger partial charge < -0.3 is 10.6 Å². The number of nitrogens with zero attached hydrogens (tertiary/aromatic N) is 1. The van der Waals surface area contributed by atoms with E-state index in [9.17, 15) is 14.4 Å².